The number of rotatable bonds is 6. The molecule has 7 heteroatoms. The number of fused-ring (bicyclic) bond motifs is 1. The molecule has 4 rings (SSSR count). The van der Waals surface area contributed by atoms with Gasteiger partial charge in [0, 0.05) is 23.7 Å². The molecule has 7 nitrogen and oxygen atoms in total. The third-order valence-electron chi connectivity index (χ3n) is 5.23. The molecular weight excluding hydrogens is 392 g/mol. The molecule has 0 spiro atoms. The molecule has 2 aromatic carbocycles. The van der Waals surface area contributed by atoms with Crippen LogP contribution in [0.3, 0.4) is 0 Å². The quantitative estimate of drug-likeness (QED) is 0.486. The summed E-state index contributed by atoms with van der Waals surface area (Å²) in [5, 5.41) is 3.95. The van der Waals surface area contributed by atoms with E-state index in [1.54, 1.807) is 19.3 Å². The summed E-state index contributed by atoms with van der Waals surface area (Å²) in [6.45, 7) is 2.88. The second-order valence-electron chi connectivity index (χ2n) is 7.26. The number of benzene rings is 2. The molecule has 1 amide bonds. The summed E-state index contributed by atoms with van der Waals surface area (Å²) in [5.41, 5.74) is 2.42. The Morgan fingerprint density at radius 2 is 1.97 bits per heavy atom. The van der Waals surface area contributed by atoms with Crippen LogP contribution in [0.2, 0.25) is 0 Å². The van der Waals surface area contributed by atoms with E-state index in [0.29, 0.717) is 12.3 Å². The Labute approximate surface area is 180 Å². The van der Waals surface area contributed by atoms with Crippen LogP contribution < -0.4 is 10.2 Å². The number of carbonyl (C=O) groups is 2. The number of nitrogens with one attached hydrogen (secondary N) is 1. The fourth-order valence-corrected chi connectivity index (χ4v) is 3.77. The highest BCUT2D eigenvalue weighted by atomic mass is 16.5. The lowest BCUT2D eigenvalue weighted by Crippen LogP contribution is -2.40. The molecule has 1 aliphatic heterocycles. The number of carbonyl (C=O) groups excluding carboxylic acids is 2. The van der Waals surface area contributed by atoms with E-state index in [2.05, 4.69) is 20.2 Å². The number of amides is 1. The topological polar surface area (TPSA) is 84.4 Å². The largest absolute Gasteiger partial charge is 0.463 e. The van der Waals surface area contributed by atoms with E-state index in [9.17, 15) is 9.59 Å². The molecule has 1 atom stereocenters. The van der Waals surface area contributed by atoms with Gasteiger partial charge in [-0.2, -0.15) is 0 Å². The SMILES string of the molecule is CCOC(=O)/C=C/c1ccc(NC(=O)C2CCCN2c2ncnc3ccccc23)cc1. The second-order valence-corrected chi connectivity index (χ2v) is 7.26. The van der Waals surface area contributed by atoms with Crippen LogP contribution >= 0.6 is 0 Å². The van der Waals surface area contributed by atoms with Crippen molar-refractivity contribution in [3.63, 3.8) is 0 Å². The number of hydrogen-bond donors (Lipinski definition) is 1. The maximum absolute atomic E-state index is 13.0. The van der Waals surface area contributed by atoms with Gasteiger partial charge in [-0.15, -0.1) is 0 Å². The minimum absolute atomic E-state index is 0.0602. The minimum Gasteiger partial charge on any atom is -0.463 e. The maximum atomic E-state index is 13.0. The van der Waals surface area contributed by atoms with Gasteiger partial charge in [0.05, 0.1) is 12.1 Å². The Kier molecular flexibility index (Phi) is 6.21. The van der Waals surface area contributed by atoms with Gasteiger partial charge >= 0.3 is 5.97 Å². The van der Waals surface area contributed by atoms with Crippen LogP contribution in [-0.4, -0.2) is 41.0 Å². The zero-order valence-corrected chi connectivity index (χ0v) is 17.3. The maximum Gasteiger partial charge on any atom is 0.330 e. The fraction of sp³-hybridized carbons (Fsp3) is 0.250. The van der Waals surface area contributed by atoms with Gasteiger partial charge < -0.3 is 15.0 Å². The highest BCUT2D eigenvalue weighted by Crippen LogP contribution is 2.30. The average Bonchev–Trinajstić information content (AvgIpc) is 3.28. The van der Waals surface area contributed by atoms with E-state index in [4.69, 9.17) is 4.74 Å². The lowest BCUT2D eigenvalue weighted by atomic mass is 10.1. The molecule has 2 heterocycles. The van der Waals surface area contributed by atoms with Crippen molar-refractivity contribution in [2.24, 2.45) is 0 Å². The number of aromatic nitrogens is 2. The van der Waals surface area contributed by atoms with Gasteiger partial charge in [0.2, 0.25) is 5.91 Å². The molecule has 3 aromatic rings. The molecule has 0 saturated carbocycles. The van der Waals surface area contributed by atoms with E-state index in [1.165, 1.54) is 6.08 Å². The first-order valence-electron chi connectivity index (χ1n) is 10.4. The third-order valence-corrected chi connectivity index (χ3v) is 5.23. The van der Waals surface area contributed by atoms with Crippen LogP contribution in [0.5, 0.6) is 0 Å². The molecule has 0 bridgehead atoms. The third kappa shape index (κ3) is 4.71. The van der Waals surface area contributed by atoms with Crippen molar-refractivity contribution in [3.8, 4) is 0 Å². The molecular formula is C24H24N4O3. The van der Waals surface area contributed by atoms with Gasteiger partial charge in [-0.3, -0.25) is 4.79 Å². The highest BCUT2D eigenvalue weighted by Gasteiger charge is 2.32. The van der Waals surface area contributed by atoms with E-state index in [1.807, 2.05) is 48.5 Å². The Morgan fingerprint density at radius 3 is 2.77 bits per heavy atom. The predicted octanol–water partition coefficient (Wildman–Crippen LogP) is 3.81. The van der Waals surface area contributed by atoms with Crippen LogP contribution in [-0.2, 0) is 14.3 Å². The summed E-state index contributed by atoms with van der Waals surface area (Å²) in [4.78, 5) is 35.3. The van der Waals surface area contributed by atoms with Crippen molar-refractivity contribution in [1.82, 2.24) is 9.97 Å². The smallest absolute Gasteiger partial charge is 0.330 e. The average molecular weight is 416 g/mol. The molecule has 0 radical (unpaired) electrons. The normalized spacial score (nSPS) is 16.0. The standard InChI is InChI=1S/C24H24N4O3/c1-2-31-22(29)14-11-17-9-12-18(13-10-17)27-24(30)21-8-5-15-28(21)23-19-6-3-4-7-20(19)25-16-26-23/h3-4,6-7,9-14,16,21H,2,5,8,15H2,1H3,(H,27,30)/b14-11+. The lowest BCUT2D eigenvalue weighted by molar-refractivity contribution is -0.137. The number of hydrogen-bond acceptors (Lipinski definition) is 6. The van der Waals surface area contributed by atoms with Crippen LogP contribution in [0.4, 0.5) is 11.5 Å². The minimum atomic E-state index is -0.376. The lowest BCUT2D eigenvalue weighted by Gasteiger charge is -2.25. The monoisotopic (exact) mass is 416 g/mol. The Bertz CT molecular complexity index is 1110. The van der Waals surface area contributed by atoms with Crippen molar-refractivity contribution in [1.29, 1.82) is 0 Å². The molecule has 1 N–H and O–H groups in total. The first-order valence-corrected chi connectivity index (χ1v) is 10.4. The van der Waals surface area contributed by atoms with E-state index in [-0.39, 0.29) is 17.9 Å². The zero-order chi connectivity index (χ0) is 21.6. The van der Waals surface area contributed by atoms with Gasteiger partial charge in [0.15, 0.2) is 0 Å². The number of esters is 1. The van der Waals surface area contributed by atoms with E-state index < -0.39 is 0 Å². The van der Waals surface area contributed by atoms with Crippen molar-refractivity contribution < 1.29 is 14.3 Å². The number of nitrogens with zero attached hydrogens (tertiary/aromatic N) is 3. The van der Waals surface area contributed by atoms with E-state index >= 15 is 0 Å². The summed E-state index contributed by atoms with van der Waals surface area (Å²) in [6, 6.07) is 14.9. The van der Waals surface area contributed by atoms with Crippen LogP contribution in [0, 0.1) is 0 Å². The fourth-order valence-electron chi connectivity index (χ4n) is 3.77. The van der Waals surface area contributed by atoms with Gasteiger partial charge in [-0.25, -0.2) is 14.8 Å². The molecule has 1 aromatic heterocycles. The van der Waals surface area contributed by atoms with E-state index in [0.717, 1.165) is 41.7 Å². The Hall–Kier alpha value is -3.74. The summed E-state index contributed by atoms with van der Waals surface area (Å²) in [5.74, 6) is 0.358. The zero-order valence-electron chi connectivity index (χ0n) is 17.3. The molecule has 1 unspecified atom stereocenters. The van der Waals surface area contributed by atoms with Crippen molar-refractivity contribution in [2.75, 3.05) is 23.4 Å². The number of para-hydroxylation sites is 1. The van der Waals surface area contributed by atoms with Crippen molar-refractivity contribution in [2.45, 2.75) is 25.8 Å². The summed E-state index contributed by atoms with van der Waals surface area (Å²) in [7, 11) is 0. The Morgan fingerprint density at radius 1 is 1.16 bits per heavy atom. The first-order chi connectivity index (χ1) is 15.2. The molecule has 1 saturated heterocycles. The van der Waals surface area contributed by atoms with Crippen LogP contribution in [0.1, 0.15) is 25.3 Å². The molecule has 0 aliphatic carbocycles. The molecule has 158 valence electrons. The van der Waals surface area contributed by atoms with Crippen molar-refractivity contribution >= 4 is 40.4 Å². The van der Waals surface area contributed by atoms with Gasteiger partial charge in [0.1, 0.15) is 18.2 Å². The Balaban J connectivity index is 1.46. The highest BCUT2D eigenvalue weighted by molar-refractivity contribution is 5.99. The summed E-state index contributed by atoms with van der Waals surface area (Å²) >= 11 is 0. The number of anilines is 2. The predicted molar refractivity (Wildman–Crippen MR) is 121 cm³/mol. The number of ether oxygens (including phenoxy) is 1. The van der Waals surface area contributed by atoms with Crippen molar-refractivity contribution in [3.05, 3.63) is 66.5 Å². The summed E-state index contributed by atoms with van der Waals surface area (Å²) in [6.07, 6.45) is 6.31. The molecule has 1 fully saturated rings. The molecule has 31 heavy (non-hydrogen) atoms. The van der Waals surface area contributed by atoms with Crippen LogP contribution in [0.25, 0.3) is 17.0 Å². The second kappa shape index (κ2) is 9.38. The molecule has 1 aliphatic rings. The first kappa shape index (κ1) is 20.5. The van der Waals surface area contributed by atoms with Crippen LogP contribution in [0.15, 0.2) is 60.9 Å². The summed E-state index contributed by atoms with van der Waals surface area (Å²) < 4.78 is 4.87. The van der Waals surface area contributed by atoms with Gasteiger partial charge in [-0.05, 0) is 55.7 Å². The van der Waals surface area contributed by atoms with Gasteiger partial charge in [0.25, 0.3) is 0 Å². The van der Waals surface area contributed by atoms with Gasteiger partial charge in [-0.1, -0.05) is 24.3 Å².